The molecule has 3 heterocycles. The van der Waals surface area contributed by atoms with Crippen LogP contribution in [0, 0.1) is 6.92 Å². The molecular weight excluding hydrogens is 414 g/mol. The van der Waals surface area contributed by atoms with Crippen molar-refractivity contribution >= 4 is 15.7 Å². The lowest BCUT2D eigenvalue weighted by atomic mass is 10.1. The molecule has 7 nitrogen and oxygen atoms in total. The molecule has 1 aliphatic rings. The number of hydrogen-bond donors (Lipinski definition) is 0. The molecule has 162 valence electrons. The molecule has 1 aliphatic heterocycles. The van der Waals surface area contributed by atoms with Gasteiger partial charge >= 0.3 is 0 Å². The number of nitrogens with zero attached hydrogens (tertiary/aromatic N) is 3. The van der Waals surface area contributed by atoms with E-state index in [9.17, 15) is 13.2 Å². The number of aryl methyl sites for hydroxylation is 2. The van der Waals surface area contributed by atoms with E-state index >= 15 is 0 Å². The molecule has 0 spiro atoms. The molecule has 8 heteroatoms. The second-order valence-corrected chi connectivity index (χ2v) is 10.2. The molecule has 2 aromatic heterocycles. The predicted molar refractivity (Wildman–Crippen MR) is 117 cm³/mol. The Kier molecular flexibility index (Phi) is 6.18. The van der Waals surface area contributed by atoms with E-state index in [2.05, 4.69) is 9.97 Å². The lowest BCUT2D eigenvalue weighted by molar-refractivity contribution is -0.133. The summed E-state index contributed by atoms with van der Waals surface area (Å²) in [5.74, 6) is 1.17. The van der Waals surface area contributed by atoms with Gasteiger partial charge in [0.2, 0.25) is 5.91 Å². The maximum atomic E-state index is 13.1. The minimum absolute atomic E-state index is 0.00950. The van der Waals surface area contributed by atoms with E-state index in [1.807, 2.05) is 43.3 Å². The Hall–Kier alpha value is -3.00. The Morgan fingerprint density at radius 1 is 1.19 bits per heavy atom. The Morgan fingerprint density at radius 3 is 2.68 bits per heavy atom. The highest BCUT2D eigenvalue weighted by Crippen LogP contribution is 2.23. The minimum atomic E-state index is -3.10. The summed E-state index contributed by atoms with van der Waals surface area (Å²) in [6.45, 7) is 2.36. The van der Waals surface area contributed by atoms with Gasteiger partial charge in [-0.25, -0.2) is 13.4 Å². The molecule has 1 saturated heterocycles. The number of benzene rings is 1. The van der Waals surface area contributed by atoms with E-state index in [0.717, 1.165) is 16.7 Å². The largest absolute Gasteiger partial charge is 0.441 e. The van der Waals surface area contributed by atoms with Crippen molar-refractivity contribution in [3.05, 3.63) is 72.0 Å². The van der Waals surface area contributed by atoms with Gasteiger partial charge in [-0.3, -0.25) is 9.78 Å². The van der Waals surface area contributed by atoms with Crippen LogP contribution in [0.1, 0.15) is 29.9 Å². The number of oxazole rings is 1. The Morgan fingerprint density at radius 2 is 2.00 bits per heavy atom. The maximum Gasteiger partial charge on any atom is 0.223 e. The van der Waals surface area contributed by atoms with Crippen LogP contribution < -0.4 is 0 Å². The van der Waals surface area contributed by atoms with Crippen LogP contribution in [0.15, 0.2) is 59.4 Å². The van der Waals surface area contributed by atoms with Gasteiger partial charge in [-0.2, -0.15) is 0 Å². The average Bonchev–Trinajstić information content (AvgIpc) is 3.38. The number of carbonyl (C=O) groups is 1. The quantitative estimate of drug-likeness (QED) is 0.561. The molecule has 0 bridgehead atoms. The van der Waals surface area contributed by atoms with Crippen molar-refractivity contribution in [2.45, 2.75) is 38.8 Å². The van der Waals surface area contributed by atoms with Crippen molar-refractivity contribution in [1.82, 2.24) is 14.9 Å². The lowest BCUT2D eigenvalue weighted by Crippen LogP contribution is -2.40. The third-order valence-electron chi connectivity index (χ3n) is 5.49. The molecule has 0 N–H and O–H groups in total. The van der Waals surface area contributed by atoms with Crippen molar-refractivity contribution in [1.29, 1.82) is 0 Å². The van der Waals surface area contributed by atoms with Gasteiger partial charge in [0, 0.05) is 43.4 Å². The summed E-state index contributed by atoms with van der Waals surface area (Å²) in [4.78, 5) is 23.2. The van der Waals surface area contributed by atoms with E-state index in [1.165, 1.54) is 0 Å². The normalized spacial score (nSPS) is 17.5. The highest BCUT2D eigenvalue weighted by Gasteiger charge is 2.34. The number of sulfone groups is 1. The van der Waals surface area contributed by atoms with E-state index in [4.69, 9.17) is 4.42 Å². The number of rotatable bonds is 7. The molecular formula is C23H25N3O4S. The molecule has 1 aromatic carbocycles. The number of carbonyl (C=O) groups excluding carboxylic acids is 1. The Labute approximate surface area is 182 Å². The Balaban J connectivity index is 1.44. The van der Waals surface area contributed by atoms with Crippen LogP contribution in [0.4, 0.5) is 0 Å². The fraction of sp³-hybridized carbons (Fsp3) is 0.348. The number of pyridine rings is 1. The summed E-state index contributed by atoms with van der Waals surface area (Å²) in [6, 6.07) is 11.3. The molecule has 3 aromatic rings. The highest BCUT2D eigenvalue weighted by atomic mass is 32.2. The monoisotopic (exact) mass is 439 g/mol. The van der Waals surface area contributed by atoms with Crippen LogP contribution in [-0.2, 0) is 27.6 Å². The van der Waals surface area contributed by atoms with E-state index < -0.39 is 9.84 Å². The topological polar surface area (TPSA) is 93.4 Å². The summed E-state index contributed by atoms with van der Waals surface area (Å²) in [5, 5.41) is 0. The van der Waals surface area contributed by atoms with Gasteiger partial charge in [-0.15, -0.1) is 0 Å². The van der Waals surface area contributed by atoms with Gasteiger partial charge < -0.3 is 9.32 Å². The summed E-state index contributed by atoms with van der Waals surface area (Å²) in [6.07, 6.45) is 6.06. The van der Waals surface area contributed by atoms with Gasteiger partial charge in [-0.05, 0) is 25.0 Å². The summed E-state index contributed by atoms with van der Waals surface area (Å²) < 4.78 is 29.8. The first-order valence-corrected chi connectivity index (χ1v) is 12.1. The molecule has 0 saturated carbocycles. The first-order chi connectivity index (χ1) is 14.9. The highest BCUT2D eigenvalue weighted by molar-refractivity contribution is 7.91. The fourth-order valence-electron chi connectivity index (χ4n) is 3.77. The number of amides is 1. The molecule has 1 fully saturated rings. The van der Waals surface area contributed by atoms with E-state index in [0.29, 0.717) is 31.0 Å². The van der Waals surface area contributed by atoms with Crippen molar-refractivity contribution < 1.29 is 17.6 Å². The smallest absolute Gasteiger partial charge is 0.223 e. The average molecular weight is 440 g/mol. The fourth-order valence-corrected chi connectivity index (χ4v) is 5.50. The van der Waals surface area contributed by atoms with Gasteiger partial charge in [0.1, 0.15) is 0 Å². The van der Waals surface area contributed by atoms with Gasteiger partial charge in [0.25, 0.3) is 0 Å². The maximum absolute atomic E-state index is 13.1. The van der Waals surface area contributed by atoms with Crippen molar-refractivity contribution in [3.63, 3.8) is 0 Å². The van der Waals surface area contributed by atoms with Gasteiger partial charge in [0.05, 0.1) is 17.7 Å². The second kappa shape index (κ2) is 9.01. The number of aromatic nitrogens is 2. The molecule has 1 atom stereocenters. The summed E-state index contributed by atoms with van der Waals surface area (Å²) in [7, 11) is -3.10. The Bertz CT molecular complexity index is 1140. The van der Waals surface area contributed by atoms with E-state index in [1.54, 1.807) is 23.5 Å². The zero-order valence-electron chi connectivity index (χ0n) is 17.4. The molecule has 1 unspecified atom stereocenters. The molecule has 0 radical (unpaired) electrons. The van der Waals surface area contributed by atoms with Crippen LogP contribution >= 0.6 is 0 Å². The van der Waals surface area contributed by atoms with Crippen LogP contribution in [0.25, 0.3) is 11.3 Å². The molecule has 1 amide bonds. The first-order valence-electron chi connectivity index (χ1n) is 10.3. The van der Waals surface area contributed by atoms with E-state index in [-0.39, 0.29) is 29.9 Å². The van der Waals surface area contributed by atoms with Crippen molar-refractivity contribution in [3.8, 4) is 11.3 Å². The molecule has 4 rings (SSSR count). The SMILES string of the molecule is Cc1ccc(-c2cnc(CCC(=O)N(Cc3cccnc3)C3CCS(=O)(=O)C3)o2)cc1. The van der Waals surface area contributed by atoms with Crippen molar-refractivity contribution in [2.24, 2.45) is 0 Å². The van der Waals surface area contributed by atoms with Crippen LogP contribution in [-0.4, -0.2) is 46.7 Å². The first kappa shape index (κ1) is 21.2. The van der Waals surface area contributed by atoms with Crippen LogP contribution in [0.2, 0.25) is 0 Å². The third kappa shape index (κ3) is 5.38. The second-order valence-electron chi connectivity index (χ2n) is 7.92. The minimum Gasteiger partial charge on any atom is -0.441 e. The van der Waals surface area contributed by atoms with Crippen LogP contribution in [0.5, 0.6) is 0 Å². The van der Waals surface area contributed by atoms with Gasteiger partial charge in [-0.1, -0.05) is 35.9 Å². The zero-order valence-corrected chi connectivity index (χ0v) is 18.2. The van der Waals surface area contributed by atoms with Crippen molar-refractivity contribution in [2.75, 3.05) is 11.5 Å². The molecule has 31 heavy (non-hydrogen) atoms. The summed E-state index contributed by atoms with van der Waals surface area (Å²) >= 11 is 0. The van der Waals surface area contributed by atoms with Gasteiger partial charge in [0.15, 0.2) is 21.5 Å². The summed E-state index contributed by atoms with van der Waals surface area (Å²) in [5.41, 5.74) is 2.97. The standard InChI is InChI=1S/C23H25N3O4S/c1-17-4-6-19(7-5-17)21-14-25-22(30-21)8-9-23(27)26(15-18-3-2-11-24-13-18)20-10-12-31(28,29)16-20/h2-7,11,13-14,20H,8-10,12,15-16H2,1H3. The zero-order chi connectivity index (χ0) is 21.8. The lowest BCUT2D eigenvalue weighted by Gasteiger charge is -2.28. The molecule has 0 aliphatic carbocycles. The van der Waals surface area contributed by atoms with Crippen LogP contribution in [0.3, 0.4) is 0 Å². The number of hydrogen-bond acceptors (Lipinski definition) is 6. The predicted octanol–water partition coefficient (Wildman–Crippen LogP) is 3.19. The third-order valence-corrected chi connectivity index (χ3v) is 7.24.